The van der Waals surface area contributed by atoms with Crippen molar-refractivity contribution in [1.29, 1.82) is 0 Å². The van der Waals surface area contributed by atoms with Crippen molar-refractivity contribution >= 4 is 5.91 Å². The number of amides is 1. The lowest BCUT2D eigenvalue weighted by Gasteiger charge is -2.38. The normalized spacial score (nSPS) is 19.5. The third-order valence-electron chi connectivity index (χ3n) is 3.21. The molecule has 1 N–H and O–H groups in total. The summed E-state index contributed by atoms with van der Waals surface area (Å²) in [4.78, 5) is 11.0. The molecule has 1 fully saturated rings. The van der Waals surface area contributed by atoms with Crippen LogP contribution in [0.3, 0.4) is 0 Å². The van der Waals surface area contributed by atoms with Crippen LogP contribution >= 0.6 is 0 Å². The molecule has 14 heavy (non-hydrogen) atoms. The number of hydrogen-bond donors (Lipinski definition) is 1. The molecule has 0 aliphatic heterocycles. The average Bonchev–Trinajstić information content (AvgIpc) is 2.02. The summed E-state index contributed by atoms with van der Waals surface area (Å²) in [6.45, 7) is 9.83. The molecule has 1 aliphatic rings. The van der Waals surface area contributed by atoms with E-state index in [1.165, 1.54) is 5.57 Å². The van der Waals surface area contributed by atoms with Gasteiger partial charge in [0.1, 0.15) is 0 Å². The van der Waals surface area contributed by atoms with Gasteiger partial charge in [-0.1, -0.05) is 12.2 Å². The van der Waals surface area contributed by atoms with Crippen molar-refractivity contribution in [3.05, 3.63) is 12.2 Å². The quantitative estimate of drug-likeness (QED) is 0.674. The molecule has 0 heterocycles. The molecule has 1 amide bonds. The van der Waals surface area contributed by atoms with Gasteiger partial charge in [0.05, 0.1) is 0 Å². The van der Waals surface area contributed by atoms with Gasteiger partial charge in [-0.15, -0.1) is 0 Å². The molecule has 0 radical (unpaired) electrons. The van der Waals surface area contributed by atoms with E-state index < -0.39 is 0 Å². The van der Waals surface area contributed by atoms with Gasteiger partial charge in [0.25, 0.3) is 0 Å². The van der Waals surface area contributed by atoms with Gasteiger partial charge in [0.15, 0.2) is 0 Å². The van der Waals surface area contributed by atoms with Crippen LogP contribution in [0.4, 0.5) is 0 Å². The van der Waals surface area contributed by atoms with Gasteiger partial charge in [-0.3, -0.25) is 4.79 Å². The largest absolute Gasteiger partial charge is 0.351 e. The number of nitrogens with one attached hydrogen (secondary N) is 1. The molecule has 0 spiro atoms. The van der Waals surface area contributed by atoms with Crippen LogP contribution in [0.2, 0.25) is 0 Å². The smallest absolute Gasteiger partial charge is 0.217 e. The molecule has 0 bridgehead atoms. The molecule has 2 nitrogen and oxygen atoms in total. The molecule has 0 unspecified atom stereocenters. The van der Waals surface area contributed by atoms with Gasteiger partial charge in [0, 0.05) is 12.5 Å². The molecule has 80 valence electrons. The van der Waals surface area contributed by atoms with Crippen molar-refractivity contribution < 1.29 is 4.79 Å². The van der Waals surface area contributed by atoms with E-state index in [2.05, 4.69) is 25.7 Å². The van der Waals surface area contributed by atoms with Gasteiger partial charge < -0.3 is 5.32 Å². The Morgan fingerprint density at radius 3 is 2.36 bits per heavy atom. The molecule has 2 heteroatoms. The lowest BCUT2D eigenvalue weighted by atomic mass is 9.75. The van der Waals surface area contributed by atoms with Crippen LogP contribution in [0.5, 0.6) is 0 Å². The monoisotopic (exact) mass is 195 g/mol. The summed E-state index contributed by atoms with van der Waals surface area (Å²) in [5, 5.41) is 3.04. The molecule has 1 saturated carbocycles. The fourth-order valence-corrected chi connectivity index (χ4v) is 2.30. The third kappa shape index (κ3) is 2.86. The summed E-state index contributed by atoms with van der Waals surface area (Å²) in [6, 6.07) is 0. The van der Waals surface area contributed by atoms with E-state index in [9.17, 15) is 4.79 Å². The highest BCUT2D eigenvalue weighted by Gasteiger charge is 2.31. The van der Waals surface area contributed by atoms with Crippen LogP contribution in [0, 0.1) is 5.92 Å². The van der Waals surface area contributed by atoms with Crippen molar-refractivity contribution in [3.63, 3.8) is 0 Å². The van der Waals surface area contributed by atoms with Crippen LogP contribution in [-0.2, 0) is 4.79 Å². The van der Waals surface area contributed by atoms with Gasteiger partial charge in [0.2, 0.25) is 5.91 Å². The Labute approximate surface area is 86.8 Å². The van der Waals surface area contributed by atoms with E-state index in [4.69, 9.17) is 0 Å². The second-order valence-corrected chi connectivity index (χ2v) is 4.93. The minimum absolute atomic E-state index is 0.0630. The van der Waals surface area contributed by atoms with Crippen LogP contribution in [0.25, 0.3) is 0 Å². The Bertz CT molecular complexity index is 233. The lowest BCUT2D eigenvalue weighted by molar-refractivity contribution is -0.121. The van der Waals surface area contributed by atoms with Crippen LogP contribution in [-0.4, -0.2) is 11.4 Å². The van der Waals surface area contributed by atoms with Crippen molar-refractivity contribution in [1.82, 2.24) is 5.32 Å². The van der Waals surface area contributed by atoms with Gasteiger partial charge >= 0.3 is 0 Å². The van der Waals surface area contributed by atoms with Crippen LogP contribution in [0.15, 0.2) is 12.2 Å². The van der Waals surface area contributed by atoms with E-state index >= 15 is 0 Å². The first-order valence-corrected chi connectivity index (χ1v) is 5.37. The highest BCUT2D eigenvalue weighted by molar-refractivity contribution is 5.73. The van der Waals surface area contributed by atoms with Crippen LogP contribution < -0.4 is 5.32 Å². The Kier molecular flexibility index (Phi) is 3.35. The number of carbonyl (C=O) groups is 1. The molecule has 0 aromatic heterocycles. The van der Waals surface area contributed by atoms with Crippen molar-refractivity contribution in [2.75, 3.05) is 0 Å². The lowest BCUT2D eigenvalue weighted by Crippen LogP contribution is -2.48. The van der Waals surface area contributed by atoms with E-state index in [1.807, 2.05) is 0 Å². The highest BCUT2D eigenvalue weighted by atomic mass is 16.1. The Balaban J connectivity index is 2.54. The SMILES string of the molecule is C=C1CCC(C(C)(C)NC(C)=O)CC1. The molecular formula is C12H21NO. The second kappa shape index (κ2) is 4.16. The molecule has 0 aromatic rings. The minimum Gasteiger partial charge on any atom is -0.351 e. The fourth-order valence-electron chi connectivity index (χ4n) is 2.30. The highest BCUT2D eigenvalue weighted by Crippen LogP contribution is 2.34. The van der Waals surface area contributed by atoms with E-state index in [0.29, 0.717) is 5.92 Å². The van der Waals surface area contributed by atoms with E-state index in [-0.39, 0.29) is 11.4 Å². The maximum absolute atomic E-state index is 11.0. The first kappa shape index (κ1) is 11.3. The van der Waals surface area contributed by atoms with Crippen molar-refractivity contribution in [2.45, 2.75) is 52.0 Å². The topological polar surface area (TPSA) is 29.1 Å². The summed E-state index contributed by atoms with van der Waals surface area (Å²) in [6.07, 6.45) is 4.56. The predicted molar refractivity (Wildman–Crippen MR) is 59.0 cm³/mol. The first-order valence-electron chi connectivity index (χ1n) is 5.37. The molecular weight excluding hydrogens is 174 g/mol. The number of carbonyl (C=O) groups excluding carboxylic acids is 1. The Morgan fingerprint density at radius 1 is 1.43 bits per heavy atom. The van der Waals surface area contributed by atoms with Gasteiger partial charge in [-0.2, -0.15) is 0 Å². The summed E-state index contributed by atoms with van der Waals surface area (Å²) in [7, 11) is 0. The zero-order valence-corrected chi connectivity index (χ0v) is 9.52. The number of allylic oxidation sites excluding steroid dienone is 1. The number of rotatable bonds is 2. The molecule has 1 aliphatic carbocycles. The number of hydrogen-bond acceptors (Lipinski definition) is 1. The predicted octanol–water partition coefficient (Wildman–Crippen LogP) is 2.65. The van der Waals surface area contributed by atoms with Gasteiger partial charge in [-0.05, 0) is 45.4 Å². The summed E-state index contributed by atoms with van der Waals surface area (Å²) < 4.78 is 0. The fraction of sp³-hybridized carbons (Fsp3) is 0.750. The standard InChI is InChI=1S/C12H21NO/c1-9-5-7-11(8-6-9)12(3,4)13-10(2)14/h11H,1,5-8H2,2-4H3,(H,13,14). The average molecular weight is 195 g/mol. The summed E-state index contributed by atoms with van der Waals surface area (Å²) in [5.74, 6) is 0.663. The Morgan fingerprint density at radius 2 is 1.93 bits per heavy atom. The summed E-state index contributed by atoms with van der Waals surface area (Å²) >= 11 is 0. The molecule has 0 saturated heterocycles. The van der Waals surface area contributed by atoms with Gasteiger partial charge in [-0.25, -0.2) is 0 Å². The third-order valence-corrected chi connectivity index (χ3v) is 3.21. The van der Waals surface area contributed by atoms with Crippen molar-refractivity contribution in [2.24, 2.45) is 5.92 Å². The van der Waals surface area contributed by atoms with E-state index in [1.54, 1.807) is 6.92 Å². The maximum Gasteiger partial charge on any atom is 0.217 e. The zero-order valence-electron chi connectivity index (χ0n) is 9.52. The zero-order chi connectivity index (χ0) is 10.8. The second-order valence-electron chi connectivity index (χ2n) is 4.93. The molecule has 0 atom stereocenters. The molecule has 0 aromatic carbocycles. The van der Waals surface area contributed by atoms with Crippen LogP contribution in [0.1, 0.15) is 46.5 Å². The molecule has 1 rings (SSSR count). The first-order chi connectivity index (χ1) is 6.42. The maximum atomic E-state index is 11.0. The van der Waals surface area contributed by atoms with Crippen molar-refractivity contribution in [3.8, 4) is 0 Å². The van der Waals surface area contributed by atoms with E-state index in [0.717, 1.165) is 25.7 Å². The minimum atomic E-state index is -0.0630. The Hall–Kier alpha value is -0.790. The summed E-state index contributed by atoms with van der Waals surface area (Å²) in [5.41, 5.74) is 1.30.